The molecular formula is C17H23NO4. The van der Waals surface area contributed by atoms with Crippen LogP contribution in [0.1, 0.15) is 37.6 Å². The van der Waals surface area contributed by atoms with Gasteiger partial charge in [0.2, 0.25) is 5.75 Å². The van der Waals surface area contributed by atoms with E-state index in [1.165, 1.54) is 14.2 Å². The second-order valence-corrected chi connectivity index (χ2v) is 5.39. The predicted molar refractivity (Wildman–Crippen MR) is 85.7 cm³/mol. The maximum atomic E-state index is 12.4. The van der Waals surface area contributed by atoms with E-state index in [1.807, 2.05) is 20.8 Å². The fraction of sp³-hybridized carbons (Fsp3) is 0.471. The minimum atomic E-state index is -0.295. The highest BCUT2D eigenvalue weighted by Gasteiger charge is 2.22. The third kappa shape index (κ3) is 4.32. The predicted octanol–water partition coefficient (Wildman–Crippen LogP) is 2.63. The summed E-state index contributed by atoms with van der Waals surface area (Å²) in [5.41, 5.74) is 0.138. The van der Waals surface area contributed by atoms with Crippen molar-refractivity contribution in [2.75, 3.05) is 20.8 Å². The average Bonchev–Trinajstić information content (AvgIpc) is 2.51. The molecule has 0 aliphatic carbocycles. The van der Waals surface area contributed by atoms with Gasteiger partial charge in [-0.3, -0.25) is 4.79 Å². The van der Waals surface area contributed by atoms with Gasteiger partial charge in [-0.2, -0.15) is 0 Å². The van der Waals surface area contributed by atoms with Crippen LogP contribution in [0.2, 0.25) is 0 Å². The molecule has 0 aliphatic rings. The van der Waals surface area contributed by atoms with E-state index in [0.29, 0.717) is 22.8 Å². The molecule has 1 amide bonds. The zero-order valence-corrected chi connectivity index (χ0v) is 13.8. The van der Waals surface area contributed by atoms with Gasteiger partial charge in [-0.05, 0) is 32.4 Å². The maximum absolute atomic E-state index is 12.4. The van der Waals surface area contributed by atoms with E-state index >= 15 is 0 Å². The molecule has 5 heteroatoms. The quantitative estimate of drug-likeness (QED) is 0.787. The van der Waals surface area contributed by atoms with Crippen molar-refractivity contribution in [2.45, 2.75) is 32.7 Å². The van der Waals surface area contributed by atoms with Crippen molar-refractivity contribution >= 4 is 5.91 Å². The van der Waals surface area contributed by atoms with E-state index in [2.05, 4.69) is 11.2 Å². The number of ether oxygens (including phenoxy) is 3. The number of nitrogens with one attached hydrogen (secondary N) is 1. The van der Waals surface area contributed by atoms with Gasteiger partial charge in [-0.15, -0.1) is 6.42 Å². The van der Waals surface area contributed by atoms with Crippen molar-refractivity contribution in [3.8, 4) is 29.6 Å². The summed E-state index contributed by atoms with van der Waals surface area (Å²) in [6.07, 6.45) is 6.02. The molecule has 0 fully saturated rings. The smallest absolute Gasteiger partial charge is 0.251 e. The molecule has 0 spiro atoms. The van der Waals surface area contributed by atoms with Gasteiger partial charge >= 0.3 is 0 Å². The maximum Gasteiger partial charge on any atom is 0.251 e. The van der Waals surface area contributed by atoms with Crippen LogP contribution in [0, 0.1) is 12.3 Å². The highest BCUT2D eigenvalue weighted by molar-refractivity contribution is 5.96. The van der Waals surface area contributed by atoms with E-state index in [0.717, 1.165) is 6.42 Å². The Balaban J connectivity index is 3.18. The number of benzene rings is 1. The molecular weight excluding hydrogens is 282 g/mol. The summed E-state index contributed by atoms with van der Waals surface area (Å²) in [7, 11) is 2.99. The largest absolute Gasteiger partial charge is 0.493 e. The van der Waals surface area contributed by atoms with Gasteiger partial charge in [0.05, 0.1) is 14.2 Å². The van der Waals surface area contributed by atoms with Gasteiger partial charge in [0.15, 0.2) is 11.5 Å². The molecule has 0 aliphatic heterocycles. The number of rotatable bonds is 7. The summed E-state index contributed by atoms with van der Waals surface area (Å²) >= 11 is 0. The Morgan fingerprint density at radius 2 is 1.82 bits per heavy atom. The molecule has 1 aromatic carbocycles. The monoisotopic (exact) mass is 305 g/mol. The molecule has 0 heterocycles. The minimum Gasteiger partial charge on any atom is -0.493 e. The van der Waals surface area contributed by atoms with Crippen molar-refractivity contribution < 1.29 is 19.0 Å². The van der Waals surface area contributed by atoms with Crippen LogP contribution in [0.4, 0.5) is 0 Å². The molecule has 22 heavy (non-hydrogen) atoms. The summed E-state index contributed by atoms with van der Waals surface area (Å²) in [6, 6.07) is 3.21. The fourth-order valence-electron chi connectivity index (χ4n) is 1.73. The van der Waals surface area contributed by atoms with Gasteiger partial charge in [-0.25, -0.2) is 0 Å². The lowest BCUT2D eigenvalue weighted by Crippen LogP contribution is -2.42. The number of methoxy groups -OCH3 is 2. The SMILES string of the molecule is C#CCOc1c(OC)cc(C(=O)NC(C)(C)CC)cc1OC. The first-order chi connectivity index (χ1) is 10.4. The van der Waals surface area contributed by atoms with Crippen molar-refractivity contribution in [3.05, 3.63) is 17.7 Å². The molecule has 1 aromatic rings. The van der Waals surface area contributed by atoms with E-state index < -0.39 is 0 Å². The van der Waals surface area contributed by atoms with Crippen LogP contribution in [0.5, 0.6) is 17.2 Å². The third-order valence-electron chi connectivity index (χ3n) is 3.36. The van der Waals surface area contributed by atoms with Gasteiger partial charge in [-0.1, -0.05) is 12.8 Å². The van der Waals surface area contributed by atoms with Crippen molar-refractivity contribution in [1.29, 1.82) is 0 Å². The molecule has 0 saturated carbocycles. The highest BCUT2D eigenvalue weighted by atomic mass is 16.5. The van der Waals surface area contributed by atoms with Crippen LogP contribution >= 0.6 is 0 Å². The molecule has 1 N–H and O–H groups in total. The first kappa shape index (κ1) is 17.7. The second kappa shape index (κ2) is 7.60. The van der Waals surface area contributed by atoms with Crippen LogP contribution in [0.25, 0.3) is 0 Å². The molecule has 0 aromatic heterocycles. The van der Waals surface area contributed by atoms with E-state index in [9.17, 15) is 4.79 Å². The lowest BCUT2D eigenvalue weighted by molar-refractivity contribution is 0.0910. The Bertz CT molecular complexity index is 548. The van der Waals surface area contributed by atoms with Crippen molar-refractivity contribution in [3.63, 3.8) is 0 Å². The van der Waals surface area contributed by atoms with Gasteiger partial charge in [0, 0.05) is 11.1 Å². The highest BCUT2D eigenvalue weighted by Crippen LogP contribution is 2.38. The molecule has 1 rings (SSSR count). The summed E-state index contributed by atoms with van der Waals surface area (Å²) in [6.45, 7) is 6.02. The molecule has 0 unspecified atom stereocenters. The summed E-state index contributed by atoms with van der Waals surface area (Å²) in [4.78, 5) is 12.4. The molecule has 120 valence electrons. The van der Waals surface area contributed by atoms with Gasteiger partial charge in [0.1, 0.15) is 6.61 Å². The fourth-order valence-corrected chi connectivity index (χ4v) is 1.73. The molecule has 0 radical (unpaired) electrons. The lowest BCUT2D eigenvalue weighted by atomic mass is 10.0. The Labute approximate surface area is 131 Å². The Morgan fingerprint density at radius 1 is 1.27 bits per heavy atom. The van der Waals surface area contributed by atoms with E-state index in [4.69, 9.17) is 20.6 Å². The molecule has 5 nitrogen and oxygen atoms in total. The number of carbonyl (C=O) groups is 1. The normalized spacial score (nSPS) is 10.5. The zero-order valence-electron chi connectivity index (χ0n) is 13.8. The number of terminal acetylenes is 1. The van der Waals surface area contributed by atoms with Crippen LogP contribution in [-0.4, -0.2) is 32.3 Å². The van der Waals surface area contributed by atoms with Crippen molar-refractivity contribution in [2.24, 2.45) is 0 Å². The van der Waals surface area contributed by atoms with E-state index in [-0.39, 0.29) is 18.1 Å². The third-order valence-corrected chi connectivity index (χ3v) is 3.36. The Kier molecular flexibility index (Phi) is 6.11. The first-order valence-corrected chi connectivity index (χ1v) is 7.03. The van der Waals surface area contributed by atoms with Gasteiger partial charge in [0.25, 0.3) is 5.91 Å². The Morgan fingerprint density at radius 3 is 2.23 bits per heavy atom. The lowest BCUT2D eigenvalue weighted by Gasteiger charge is -2.25. The van der Waals surface area contributed by atoms with E-state index in [1.54, 1.807) is 12.1 Å². The standard InChI is InChI=1S/C17H23NO4/c1-7-9-22-15-13(20-5)10-12(11-14(15)21-6)16(19)18-17(3,4)8-2/h1,10-11H,8-9H2,2-6H3,(H,18,19). The number of carbonyl (C=O) groups excluding carboxylic acids is 1. The van der Waals surface area contributed by atoms with Crippen LogP contribution in [0.15, 0.2) is 12.1 Å². The summed E-state index contributed by atoms with van der Waals surface area (Å²) in [5, 5.41) is 2.96. The number of hydrogen-bond acceptors (Lipinski definition) is 4. The second-order valence-electron chi connectivity index (χ2n) is 5.39. The average molecular weight is 305 g/mol. The number of amides is 1. The zero-order chi connectivity index (χ0) is 16.8. The van der Waals surface area contributed by atoms with Crippen LogP contribution in [0.3, 0.4) is 0 Å². The van der Waals surface area contributed by atoms with Crippen LogP contribution in [-0.2, 0) is 0 Å². The molecule has 0 saturated heterocycles. The first-order valence-electron chi connectivity index (χ1n) is 7.03. The van der Waals surface area contributed by atoms with Crippen molar-refractivity contribution in [1.82, 2.24) is 5.32 Å². The minimum absolute atomic E-state index is 0.0845. The molecule has 0 atom stereocenters. The topological polar surface area (TPSA) is 56.8 Å². The summed E-state index contributed by atoms with van der Waals surface area (Å²) in [5.74, 6) is 3.36. The molecule has 0 bridgehead atoms. The van der Waals surface area contributed by atoms with Crippen LogP contribution < -0.4 is 19.5 Å². The number of hydrogen-bond donors (Lipinski definition) is 1. The summed E-state index contributed by atoms with van der Waals surface area (Å²) < 4.78 is 16.0. The van der Waals surface area contributed by atoms with Gasteiger partial charge < -0.3 is 19.5 Å². The Hall–Kier alpha value is -2.35.